The standard InChI is InChI=1S/C11H13NS2/c1-2-4-10-9(3-1)7-12-8-11(10)13-5-6-14-11/h1-4,12H,5-8H2. The molecule has 1 aromatic rings. The Morgan fingerprint density at radius 3 is 2.79 bits per heavy atom. The molecule has 14 heavy (non-hydrogen) atoms. The van der Waals surface area contributed by atoms with Crippen LogP contribution in [0.15, 0.2) is 24.3 Å². The van der Waals surface area contributed by atoms with E-state index in [1.54, 1.807) is 5.56 Å². The summed E-state index contributed by atoms with van der Waals surface area (Å²) in [7, 11) is 0. The summed E-state index contributed by atoms with van der Waals surface area (Å²) in [5, 5.41) is 3.53. The molecule has 0 bridgehead atoms. The molecule has 2 heterocycles. The first-order chi connectivity index (χ1) is 6.91. The first kappa shape index (κ1) is 9.13. The third-order valence-electron chi connectivity index (χ3n) is 2.85. The van der Waals surface area contributed by atoms with E-state index < -0.39 is 0 Å². The van der Waals surface area contributed by atoms with Crippen LogP contribution < -0.4 is 5.32 Å². The van der Waals surface area contributed by atoms with Crippen LogP contribution in [0.4, 0.5) is 0 Å². The molecule has 0 atom stereocenters. The lowest BCUT2D eigenvalue weighted by molar-refractivity contribution is 0.612. The maximum Gasteiger partial charge on any atom is 0.0987 e. The average molecular weight is 223 g/mol. The summed E-state index contributed by atoms with van der Waals surface area (Å²) in [5.41, 5.74) is 3.05. The summed E-state index contributed by atoms with van der Waals surface area (Å²) >= 11 is 4.22. The van der Waals surface area contributed by atoms with Crippen LogP contribution in [0.2, 0.25) is 0 Å². The third kappa shape index (κ3) is 1.30. The van der Waals surface area contributed by atoms with E-state index in [4.69, 9.17) is 0 Å². The number of hydrogen-bond donors (Lipinski definition) is 1. The SMILES string of the molecule is c1ccc2c(c1)CNCC21SCCS1. The molecule has 0 unspecified atom stereocenters. The highest BCUT2D eigenvalue weighted by atomic mass is 32.2. The highest BCUT2D eigenvalue weighted by Gasteiger charge is 2.40. The normalized spacial score (nSPS) is 23.7. The highest BCUT2D eigenvalue weighted by Crippen LogP contribution is 2.53. The van der Waals surface area contributed by atoms with Crippen molar-refractivity contribution in [2.24, 2.45) is 0 Å². The van der Waals surface area contributed by atoms with Crippen LogP contribution in [0.3, 0.4) is 0 Å². The van der Waals surface area contributed by atoms with Gasteiger partial charge in [0.15, 0.2) is 0 Å². The number of rotatable bonds is 0. The molecule has 1 spiro atoms. The van der Waals surface area contributed by atoms with Gasteiger partial charge in [-0.2, -0.15) is 0 Å². The molecule has 0 amide bonds. The van der Waals surface area contributed by atoms with Gasteiger partial charge >= 0.3 is 0 Å². The van der Waals surface area contributed by atoms with Gasteiger partial charge in [0.25, 0.3) is 0 Å². The van der Waals surface area contributed by atoms with Gasteiger partial charge in [-0.15, -0.1) is 23.5 Å². The van der Waals surface area contributed by atoms with E-state index in [9.17, 15) is 0 Å². The van der Waals surface area contributed by atoms with E-state index >= 15 is 0 Å². The molecule has 74 valence electrons. The van der Waals surface area contributed by atoms with E-state index in [0.29, 0.717) is 4.08 Å². The molecule has 1 saturated heterocycles. The van der Waals surface area contributed by atoms with Crippen molar-refractivity contribution in [3.05, 3.63) is 35.4 Å². The summed E-state index contributed by atoms with van der Waals surface area (Å²) < 4.78 is 0.328. The summed E-state index contributed by atoms with van der Waals surface area (Å²) in [5.74, 6) is 2.58. The second-order valence-corrected chi connectivity index (χ2v) is 6.76. The quantitative estimate of drug-likeness (QED) is 0.725. The van der Waals surface area contributed by atoms with Crippen LogP contribution in [0.25, 0.3) is 0 Å². The zero-order chi connectivity index (χ0) is 9.43. The van der Waals surface area contributed by atoms with Crippen molar-refractivity contribution in [3.8, 4) is 0 Å². The molecule has 1 nitrogen and oxygen atoms in total. The first-order valence-electron chi connectivity index (χ1n) is 4.98. The molecule has 0 saturated carbocycles. The summed E-state index contributed by atoms with van der Waals surface area (Å²) in [6, 6.07) is 8.87. The number of benzene rings is 1. The Kier molecular flexibility index (Phi) is 2.26. The molecule has 1 aromatic carbocycles. The summed E-state index contributed by atoms with van der Waals surface area (Å²) in [6.45, 7) is 2.17. The molecule has 0 aromatic heterocycles. The fourth-order valence-electron chi connectivity index (χ4n) is 2.22. The van der Waals surface area contributed by atoms with Crippen molar-refractivity contribution in [2.45, 2.75) is 10.6 Å². The van der Waals surface area contributed by atoms with E-state index in [0.717, 1.165) is 13.1 Å². The van der Waals surface area contributed by atoms with E-state index in [1.807, 2.05) is 0 Å². The lowest BCUT2D eigenvalue weighted by Gasteiger charge is -2.34. The Morgan fingerprint density at radius 2 is 1.93 bits per heavy atom. The molecule has 1 fully saturated rings. The van der Waals surface area contributed by atoms with Gasteiger partial charge in [-0.1, -0.05) is 24.3 Å². The van der Waals surface area contributed by atoms with Gasteiger partial charge in [0.05, 0.1) is 4.08 Å². The Labute approximate surface area is 93.0 Å². The van der Waals surface area contributed by atoms with Crippen molar-refractivity contribution >= 4 is 23.5 Å². The first-order valence-corrected chi connectivity index (χ1v) is 6.95. The molecule has 2 aliphatic rings. The highest BCUT2D eigenvalue weighted by molar-refractivity contribution is 8.20. The van der Waals surface area contributed by atoms with Gasteiger partial charge in [0.2, 0.25) is 0 Å². The Morgan fingerprint density at radius 1 is 1.14 bits per heavy atom. The zero-order valence-electron chi connectivity index (χ0n) is 7.95. The van der Waals surface area contributed by atoms with Crippen molar-refractivity contribution in [1.82, 2.24) is 5.32 Å². The Hall–Kier alpha value is -0.120. The molecule has 1 N–H and O–H groups in total. The predicted molar refractivity (Wildman–Crippen MR) is 64.7 cm³/mol. The Balaban J connectivity index is 2.10. The smallest absolute Gasteiger partial charge is 0.0987 e. The summed E-state index contributed by atoms with van der Waals surface area (Å²) in [4.78, 5) is 0. The lowest BCUT2D eigenvalue weighted by Crippen LogP contribution is -2.37. The monoisotopic (exact) mass is 223 g/mol. The minimum atomic E-state index is 0.328. The molecule has 3 heteroatoms. The van der Waals surface area contributed by atoms with Crippen molar-refractivity contribution in [2.75, 3.05) is 18.1 Å². The van der Waals surface area contributed by atoms with Gasteiger partial charge < -0.3 is 5.32 Å². The second kappa shape index (κ2) is 3.47. The average Bonchev–Trinajstić information content (AvgIpc) is 2.68. The topological polar surface area (TPSA) is 12.0 Å². The van der Waals surface area contributed by atoms with Crippen LogP contribution in [0.5, 0.6) is 0 Å². The van der Waals surface area contributed by atoms with Crippen molar-refractivity contribution in [3.63, 3.8) is 0 Å². The van der Waals surface area contributed by atoms with Crippen LogP contribution in [-0.4, -0.2) is 18.1 Å². The third-order valence-corrected chi connectivity index (χ3v) is 6.30. The predicted octanol–water partition coefficient (Wildman–Crippen LogP) is 2.42. The minimum absolute atomic E-state index is 0.328. The molecule has 0 radical (unpaired) electrons. The summed E-state index contributed by atoms with van der Waals surface area (Å²) in [6.07, 6.45) is 0. The van der Waals surface area contributed by atoms with Gasteiger partial charge in [-0.3, -0.25) is 0 Å². The van der Waals surface area contributed by atoms with Gasteiger partial charge in [0.1, 0.15) is 0 Å². The maximum atomic E-state index is 3.53. The molecule has 2 aliphatic heterocycles. The van der Waals surface area contributed by atoms with Crippen LogP contribution in [0.1, 0.15) is 11.1 Å². The lowest BCUT2D eigenvalue weighted by atomic mass is 10.0. The van der Waals surface area contributed by atoms with Gasteiger partial charge in [-0.05, 0) is 11.1 Å². The molecular formula is C11H13NS2. The zero-order valence-corrected chi connectivity index (χ0v) is 9.59. The molecule has 3 rings (SSSR count). The van der Waals surface area contributed by atoms with Crippen LogP contribution >= 0.6 is 23.5 Å². The van der Waals surface area contributed by atoms with Crippen LogP contribution in [-0.2, 0) is 10.6 Å². The van der Waals surface area contributed by atoms with Gasteiger partial charge in [-0.25, -0.2) is 0 Å². The van der Waals surface area contributed by atoms with Gasteiger partial charge in [0, 0.05) is 24.6 Å². The number of nitrogens with one attached hydrogen (secondary N) is 1. The minimum Gasteiger partial charge on any atom is -0.310 e. The largest absolute Gasteiger partial charge is 0.310 e. The van der Waals surface area contributed by atoms with E-state index in [-0.39, 0.29) is 0 Å². The Bertz CT molecular complexity index is 345. The molecular weight excluding hydrogens is 210 g/mol. The number of fused-ring (bicyclic) bond motifs is 2. The molecule has 0 aliphatic carbocycles. The fraction of sp³-hybridized carbons (Fsp3) is 0.455. The van der Waals surface area contributed by atoms with Crippen LogP contribution in [0, 0.1) is 0 Å². The second-order valence-electron chi connectivity index (χ2n) is 3.71. The van der Waals surface area contributed by atoms with E-state index in [2.05, 4.69) is 53.1 Å². The van der Waals surface area contributed by atoms with Crippen molar-refractivity contribution < 1.29 is 0 Å². The van der Waals surface area contributed by atoms with Crippen molar-refractivity contribution in [1.29, 1.82) is 0 Å². The number of thioether (sulfide) groups is 2. The van der Waals surface area contributed by atoms with E-state index in [1.165, 1.54) is 17.1 Å². The number of hydrogen-bond acceptors (Lipinski definition) is 3. The fourth-order valence-corrected chi connectivity index (χ4v) is 5.49. The maximum absolute atomic E-state index is 3.53.